The Balaban J connectivity index is 1.72. The first-order chi connectivity index (χ1) is 14.6. The van der Waals surface area contributed by atoms with Gasteiger partial charge in [-0.3, -0.25) is 14.6 Å². The maximum Gasteiger partial charge on any atom is 0.291 e. The van der Waals surface area contributed by atoms with Crippen molar-refractivity contribution in [2.24, 2.45) is 0 Å². The van der Waals surface area contributed by atoms with Gasteiger partial charge in [0.15, 0.2) is 5.82 Å². The van der Waals surface area contributed by atoms with Gasteiger partial charge in [0.2, 0.25) is 4.96 Å². The lowest BCUT2D eigenvalue weighted by Crippen LogP contribution is -2.33. The minimum Gasteiger partial charge on any atom is -0.308 e. The van der Waals surface area contributed by atoms with E-state index in [1.807, 2.05) is 18.2 Å². The van der Waals surface area contributed by atoms with E-state index in [4.69, 9.17) is 0 Å². The molecule has 1 aliphatic heterocycles. The average molecular weight is 482 g/mol. The molecule has 0 bridgehead atoms. The van der Waals surface area contributed by atoms with Gasteiger partial charge in [-0.1, -0.05) is 40.6 Å². The third-order valence-corrected chi connectivity index (χ3v) is 6.56. The zero-order valence-electron chi connectivity index (χ0n) is 16.0. The molecular weight excluding hydrogens is 466 g/mol. The minimum absolute atomic E-state index is 0.146. The van der Waals surface area contributed by atoms with Crippen molar-refractivity contribution in [1.29, 1.82) is 0 Å². The van der Waals surface area contributed by atoms with E-state index in [-0.39, 0.29) is 11.5 Å². The largest absolute Gasteiger partial charge is 0.308 e. The summed E-state index contributed by atoms with van der Waals surface area (Å²) < 4.78 is 2.51. The van der Waals surface area contributed by atoms with Crippen LogP contribution in [0.4, 0.5) is 5.69 Å². The lowest BCUT2D eigenvalue weighted by molar-refractivity contribution is -0.113. The van der Waals surface area contributed by atoms with Crippen LogP contribution in [0, 0.1) is 0 Å². The number of unbranched alkanes of at least 4 members (excludes halogenated alkanes) is 1. The Morgan fingerprint density at radius 3 is 2.67 bits per heavy atom. The van der Waals surface area contributed by atoms with E-state index in [0.717, 1.165) is 34.1 Å². The molecule has 0 unspecified atom stereocenters. The topological polar surface area (TPSA) is 80.5 Å². The van der Waals surface area contributed by atoms with Crippen molar-refractivity contribution >= 4 is 49.4 Å². The highest BCUT2D eigenvalue weighted by Gasteiger charge is 2.34. The Hall–Kier alpha value is -2.91. The summed E-state index contributed by atoms with van der Waals surface area (Å²) in [6, 6.07) is 9.31. The lowest BCUT2D eigenvalue weighted by atomic mass is 10.1. The second-order valence-corrected chi connectivity index (χ2v) is 8.84. The number of benzene rings is 1. The van der Waals surface area contributed by atoms with Crippen LogP contribution in [0.5, 0.6) is 0 Å². The number of thiazole rings is 1. The van der Waals surface area contributed by atoms with Crippen LogP contribution in [-0.2, 0) is 4.79 Å². The summed E-state index contributed by atoms with van der Waals surface area (Å²) >= 11 is 4.68. The van der Waals surface area contributed by atoms with E-state index in [0.29, 0.717) is 27.4 Å². The number of pyridine rings is 1. The maximum absolute atomic E-state index is 13.3. The van der Waals surface area contributed by atoms with Crippen LogP contribution in [0.2, 0.25) is 0 Å². The molecule has 0 N–H and O–H groups in total. The van der Waals surface area contributed by atoms with E-state index >= 15 is 0 Å². The van der Waals surface area contributed by atoms with E-state index < -0.39 is 0 Å². The second-order valence-electron chi connectivity index (χ2n) is 6.95. The molecule has 0 atom stereocenters. The van der Waals surface area contributed by atoms with Crippen molar-refractivity contribution < 1.29 is 4.79 Å². The van der Waals surface area contributed by atoms with Crippen LogP contribution in [0.15, 0.2) is 52.0 Å². The molecule has 9 heteroatoms. The summed E-state index contributed by atoms with van der Waals surface area (Å²) in [5.41, 5.74) is 2.49. The molecule has 7 nitrogen and oxygen atoms in total. The van der Waals surface area contributed by atoms with Crippen molar-refractivity contribution in [2.75, 3.05) is 11.4 Å². The Bertz CT molecular complexity index is 1400. The fourth-order valence-electron chi connectivity index (χ4n) is 3.57. The van der Waals surface area contributed by atoms with Crippen molar-refractivity contribution in [3.8, 4) is 11.4 Å². The van der Waals surface area contributed by atoms with Gasteiger partial charge in [0, 0.05) is 34.5 Å². The summed E-state index contributed by atoms with van der Waals surface area (Å²) in [5, 5.41) is 4.37. The number of carbonyl (C=O) groups is 1. The standard InChI is InChI=1S/C21H16BrN5O2S/c1-2-3-10-26-15-5-4-13(22)11-14(15)16(19(26)28)17-20(29)27-21(30-17)24-18(25-27)12-6-8-23-9-7-12/h4-9,11H,2-3,10H2,1H3. The number of halogens is 1. The van der Waals surface area contributed by atoms with Gasteiger partial charge >= 0.3 is 0 Å². The predicted octanol–water partition coefficient (Wildman–Crippen LogP) is 3.04. The Kier molecular flexibility index (Phi) is 4.71. The molecule has 1 amide bonds. The quantitative estimate of drug-likeness (QED) is 0.447. The highest BCUT2D eigenvalue weighted by atomic mass is 79.9. The first-order valence-electron chi connectivity index (χ1n) is 9.54. The normalized spacial score (nSPS) is 15.3. The molecular formula is C21H16BrN5O2S. The molecule has 3 aromatic heterocycles. The second kappa shape index (κ2) is 7.41. The lowest BCUT2D eigenvalue weighted by Gasteiger charge is -2.16. The summed E-state index contributed by atoms with van der Waals surface area (Å²) in [5.74, 6) is 0.315. The van der Waals surface area contributed by atoms with Gasteiger partial charge in [0.1, 0.15) is 4.53 Å². The van der Waals surface area contributed by atoms with E-state index in [1.165, 1.54) is 15.9 Å². The molecule has 0 saturated carbocycles. The number of hydrogen-bond acceptors (Lipinski definition) is 6. The van der Waals surface area contributed by atoms with Crippen molar-refractivity contribution in [2.45, 2.75) is 19.8 Å². The zero-order chi connectivity index (χ0) is 20.8. The van der Waals surface area contributed by atoms with Crippen LogP contribution >= 0.6 is 27.3 Å². The van der Waals surface area contributed by atoms with Gasteiger partial charge in [0.25, 0.3) is 11.5 Å². The molecule has 30 heavy (non-hydrogen) atoms. The molecule has 0 fully saturated rings. The number of anilines is 1. The molecule has 1 aliphatic rings. The molecule has 4 aromatic rings. The van der Waals surface area contributed by atoms with Gasteiger partial charge in [-0.05, 0) is 36.8 Å². The third-order valence-electron chi connectivity index (χ3n) is 5.04. The number of hydrogen-bond donors (Lipinski definition) is 0. The number of nitrogens with zero attached hydrogens (tertiary/aromatic N) is 5. The molecule has 4 heterocycles. The molecule has 0 spiro atoms. The number of carbonyl (C=O) groups excluding carboxylic acids is 1. The number of amides is 1. The molecule has 0 radical (unpaired) electrons. The predicted molar refractivity (Wildman–Crippen MR) is 119 cm³/mol. The third kappa shape index (κ3) is 2.96. The van der Waals surface area contributed by atoms with Crippen molar-refractivity contribution in [1.82, 2.24) is 19.6 Å². The monoisotopic (exact) mass is 481 g/mol. The summed E-state index contributed by atoms with van der Waals surface area (Å²) in [6.07, 6.45) is 5.18. The van der Waals surface area contributed by atoms with Gasteiger partial charge in [-0.25, -0.2) is 0 Å². The molecule has 0 saturated heterocycles. The molecule has 1 aromatic carbocycles. The molecule has 5 rings (SSSR count). The van der Waals surface area contributed by atoms with Crippen molar-refractivity contribution in [3.05, 3.63) is 67.6 Å². The highest BCUT2D eigenvalue weighted by molar-refractivity contribution is 9.10. The Morgan fingerprint density at radius 2 is 1.93 bits per heavy atom. The van der Waals surface area contributed by atoms with Gasteiger partial charge in [-0.2, -0.15) is 9.50 Å². The van der Waals surface area contributed by atoms with E-state index in [2.05, 4.69) is 37.9 Å². The number of fused-ring (bicyclic) bond motifs is 2. The van der Waals surface area contributed by atoms with Gasteiger partial charge in [-0.15, -0.1) is 5.10 Å². The molecule has 0 aliphatic carbocycles. The highest BCUT2D eigenvalue weighted by Crippen LogP contribution is 2.37. The zero-order valence-corrected chi connectivity index (χ0v) is 18.4. The first-order valence-corrected chi connectivity index (χ1v) is 11.2. The Morgan fingerprint density at radius 1 is 1.13 bits per heavy atom. The maximum atomic E-state index is 13.3. The Labute approximate surface area is 183 Å². The SMILES string of the molecule is CCCCN1C(=O)C(=c2sc3nc(-c4ccncc4)nn3c2=O)c2cc(Br)ccc21. The van der Waals surface area contributed by atoms with E-state index in [9.17, 15) is 9.59 Å². The van der Waals surface area contributed by atoms with Gasteiger partial charge in [0.05, 0.1) is 11.3 Å². The van der Waals surface area contributed by atoms with Crippen LogP contribution in [-0.4, -0.2) is 32.0 Å². The first kappa shape index (κ1) is 19.1. The van der Waals surface area contributed by atoms with Gasteiger partial charge < -0.3 is 4.90 Å². The van der Waals surface area contributed by atoms with Crippen molar-refractivity contribution in [3.63, 3.8) is 0 Å². The van der Waals surface area contributed by atoms with Crippen LogP contribution in [0.1, 0.15) is 25.3 Å². The molecule has 150 valence electrons. The average Bonchev–Trinajstić information content (AvgIpc) is 3.38. The van der Waals surface area contributed by atoms with Crippen LogP contribution in [0.25, 0.3) is 21.9 Å². The van der Waals surface area contributed by atoms with Crippen LogP contribution in [0.3, 0.4) is 0 Å². The summed E-state index contributed by atoms with van der Waals surface area (Å²) in [7, 11) is 0. The van der Waals surface area contributed by atoms with E-state index in [1.54, 1.807) is 29.4 Å². The van der Waals surface area contributed by atoms with Crippen LogP contribution < -0.4 is 15.0 Å². The smallest absolute Gasteiger partial charge is 0.291 e. The number of aromatic nitrogens is 4. The summed E-state index contributed by atoms with van der Waals surface area (Å²) in [4.78, 5) is 37.2. The summed E-state index contributed by atoms with van der Waals surface area (Å²) in [6.45, 7) is 2.71. The minimum atomic E-state index is -0.325. The fraction of sp³-hybridized carbons (Fsp3) is 0.190. The number of rotatable bonds is 4. The fourth-order valence-corrected chi connectivity index (χ4v) is 4.93.